The van der Waals surface area contributed by atoms with E-state index in [0.29, 0.717) is 33.2 Å². The number of aromatic nitrogens is 2. The van der Waals surface area contributed by atoms with Crippen molar-refractivity contribution in [3.8, 4) is 5.75 Å². The van der Waals surface area contributed by atoms with Crippen LogP contribution in [-0.2, 0) is 11.2 Å². The number of pyridine rings is 1. The van der Waals surface area contributed by atoms with Crippen molar-refractivity contribution in [2.75, 3.05) is 12.4 Å². The van der Waals surface area contributed by atoms with Crippen molar-refractivity contribution in [1.29, 1.82) is 0 Å². The fraction of sp³-hybridized carbons (Fsp3) is 0.222. The highest BCUT2D eigenvalue weighted by molar-refractivity contribution is 6.88. The van der Waals surface area contributed by atoms with Crippen molar-refractivity contribution < 1.29 is 14.3 Å². The average Bonchev–Trinajstić information content (AvgIpc) is 3.09. The number of methoxy groups -OCH3 is 1. The topological polar surface area (TPSA) is 73.2 Å². The molecule has 0 aliphatic carbocycles. The Hall–Kier alpha value is -3.42. The van der Waals surface area contributed by atoms with Crippen LogP contribution in [0.1, 0.15) is 21.6 Å². The van der Waals surface area contributed by atoms with Gasteiger partial charge in [-0.15, -0.1) is 0 Å². The summed E-state index contributed by atoms with van der Waals surface area (Å²) in [5.74, 6) is 0.282. The molecule has 0 aliphatic heterocycles. The third-order valence-electron chi connectivity index (χ3n) is 5.99. The fourth-order valence-electron chi connectivity index (χ4n) is 4.07. The van der Waals surface area contributed by atoms with Gasteiger partial charge in [0.1, 0.15) is 13.8 Å². The summed E-state index contributed by atoms with van der Waals surface area (Å²) in [4.78, 5) is 31.0. The molecule has 1 amide bonds. The smallest absolute Gasteiger partial charge is 0.262 e. The number of fused-ring (bicyclic) bond motifs is 1. The summed E-state index contributed by atoms with van der Waals surface area (Å²) in [6.45, 7) is 8.54. The maximum atomic E-state index is 13.4. The molecule has 2 aromatic heterocycles. The van der Waals surface area contributed by atoms with Gasteiger partial charge in [-0.3, -0.25) is 19.1 Å². The van der Waals surface area contributed by atoms with Gasteiger partial charge in [0, 0.05) is 27.0 Å². The van der Waals surface area contributed by atoms with E-state index in [2.05, 4.69) is 29.9 Å². The summed E-state index contributed by atoms with van der Waals surface area (Å²) < 4.78 is 7.05. The van der Waals surface area contributed by atoms with Gasteiger partial charge in [-0.1, -0.05) is 31.2 Å². The highest BCUT2D eigenvalue weighted by Crippen LogP contribution is 2.31. The van der Waals surface area contributed by atoms with E-state index in [1.54, 1.807) is 42.1 Å². The molecule has 4 aromatic rings. The molecular formula is C27H28ClN3O3Si. The highest BCUT2D eigenvalue weighted by Gasteiger charge is 2.22. The molecule has 2 aromatic carbocycles. The van der Waals surface area contributed by atoms with Crippen molar-refractivity contribution in [3.05, 3.63) is 82.6 Å². The second-order valence-corrected chi connectivity index (χ2v) is 15.0. The lowest BCUT2D eigenvalue weighted by molar-refractivity contribution is -0.115. The van der Waals surface area contributed by atoms with E-state index in [1.165, 1.54) is 0 Å². The quantitative estimate of drug-likeness (QED) is 0.355. The Morgan fingerprint density at radius 3 is 2.37 bits per heavy atom. The number of rotatable bonds is 6. The summed E-state index contributed by atoms with van der Waals surface area (Å²) >= 11 is 6.00. The van der Waals surface area contributed by atoms with Crippen LogP contribution in [0, 0.1) is 6.92 Å². The summed E-state index contributed by atoms with van der Waals surface area (Å²) in [7, 11) is 0.0694. The van der Waals surface area contributed by atoms with E-state index < -0.39 is 8.07 Å². The molecule has 0 aliphatic rings. The summed E-state index contributed by atoms with van der Waals surface area (Å²) in [6.07, 6.45) is 1.81. The number of amides is 1. The van der Waals surface area contributed by atoms with Gasteiger partial charge in [-0.2, -0.15) is 0 Å². The minimum Gasteiger partial charge on any atom is -0.497 e. The van der Waals surface area contributed by atoms with Crippen LogP contribution in [0.25, 0.3) is 10.9 Å². The van der Waals surface area contributed by atoms with Gasteiger partial charge in [0.05, 0.1) is 30.9 Å². The first-order valence-corrected chi connectivity index (χ1v) is 15.2. The Balaban J connectivity index is 1.68. The van der Waals surface area contributed by atoms with Crippen LogP contribution in [0.3, 0.4) is 0 Å². The molecule has 180 valence electrons. The van der Waals surface area contributed by atoms with E-state index in [4.69, 9.17) is 16.3 Å². The fourth-order valence-corrected chi connectivity index (χ4v) is 5.23. The lowest BCUT2D eigenvalue weighted by atomic mass is 10.1. The van der Waals surface area contributed by atoms with Gasteiger partial charge < -0.3 is 10.1 Å². The van der Waals surface area contributed by atoms with Gasteiger partial charge >= 0.3 is 0 Å². The maximum Gasteiger partial charge on any atom is 0.262 e. The van der Waals surface area contributed by atoms with Gasteiger partial charge in [0.25, 0.3) is 5.91 Å². The second-order valence-electron chi connectivity index (χ2n) is 9.50. The predicted octanol–water partition coefficient (Wildman–Crippen LogP) is 5.42. The molecule has 8 heteroatoms. The van der Waals surface area contributed by atoms with Gasteiger partial charge in [-0.05, 0) is 67.1 Å². The largest absolute Gasteiger partial charge is 0.497 e. The molecule has 4 rings (SSSR count). The van der Waals surface area contributed by atoms with Crippen molar-refractivity contribution in [3.63, 3.8) is 0 Å². The molecule has 0 spiro atoms. The monoisotopic (exact) mass is 505 g/mol. The van der Waals surface area contributed by atoms with Crippen LogP contribution in [-0.4, -0.2) is 36.5 Å². The lowest BCUT2D eigenvalue weighted by Gasteiger charge is -2.15. The SMILES string of the molecule is COc1ccc2c(c1)c(CC(=O)Nc1ccc([Si](C)(C)C)nc1)c(C)n2C(=O)c1ccc(Cl)cc1. The standard InChI is InChI=1S/C27H28ClN3O3Si/c1-17-22(15-25(32)30-20-10-13-26(29-16-20)35(3,4)5)23-14-21(34-2)11-12-24(23)31(17)27(33)18-6-8-19(28)9-7-18/h6-14,16H,15H2,1-5H3,(H,30,32). The number of nitrogens with one attached hydrogen (secondary N) is 1. The number of ether oxygens (including phenoxy) is 1. The van der Waals surface area contributed by atoms with E-state index in [-0.39, 0.29) is 18.2 Å². The first-order chi connectivity index (χ1) is 16.6. The Labute approximate surface area is 210 Å². The zero-order valence-electron chi connectivity index (χ0n) is 20.5. The third-order valence-corrected chi connectivity index (χ3v) is 8.07. The van der Waals surface area contributed by atoms with Gasteiger partial charge in [-0.25, -0.2) is 0 Å². The number of carbonyl (C=O) groups excluding carboxylic acids is 2. The molecule has 0 unspecified atom stereocenters. The lowest BCUT2D eigenvalue weighted by Crippen LogP contribution is -2.39. The van der Waals surface area contributed by atoms with Crippen molar-refractivity contribution in [2.24, 2.45) is 0 Å². The van der Waals surface area contributed by atoms with Crippen LogP contribution in [0.15, 0.2) is 60.8 Å². The zero-order valence-corrected chi connectivity index (χ0v) is 22.2. The summed E-state index contributed by atoms with van der Waals surface area (Å²) in [5, 5.41) is 5.38. The zero-order chi connectivity index (χ0) is 25.3. The van der Waals surface area contributed by atoms with Crippen LogP contribution in [0.5, 0.6) is 5.75 Å². The van der Waals surface area contributed by atoms with Crippen molar-refractivity contribution in [2.45, 2.75) is 33.0 Å². The molecule has 0 saturated heterocycles. The van der Waals surface area contributed by atoms with E-state index in [1.807, 2.05) is 37.3 Å². The maximum absolute atomic E-state index is 13.4. The molecule has 0 saturated carbocycles. The number of benzene rings is 2. The van der Waals surface area contributed by atoms with E-state index >= 15 is 0 Å². The van der Waals surface area contributed by atoms with Gasteiger partial charge in [0.15, 0.2) is 0 Å². The molecular weight excluding hydrogens is 478 g/mol. The number of hydrogen-bond acceptors (Lipinski definition) is 4. The summed E-state index contributed by atoms with van der Waals surface area (Å²) in [5.41, 5.74) is 3.34. The third kappa shape index (κ3) is 5.16. The van der Waals surface area contributed by atoms with Crippen LogP contribution in [0.4, 0.5) is 5.69 Å². The second kappa shape index (κ2) is 9.68. The molecule has 6 nitrogen and oxygen atoms in total. The number of nitrogens with zero attached hydrogens (tertiary/aromatic N) is 2. The minimum absolute atomic E-state index is 0.103. The van der Waals surface area contributed by atoms with Crippen LogP contribution < -0.4 is 15.4 Å². The van der Waals surface area contributed by atoms with E-state index in [0.717, 1.165) is 16.3 Å². The van der Waals surface area contributed by atoms with Crippen molar-refractivity contribution >= 4 is 53.4 Å². The summed E-state index contributed by atoms with van der Waals surface area (Å²) in [6, 6.07) is 16.2. The number of halogens is 1. The molecule has 0 fully saturated rings. The molecule has 0 radical (unpaired) electrons. The molecule has 1 N–H and O–H groups in total. The average molecular weight is 506 g/mol. The number of anilines is 1. The number of carbonyl (C=O) groups is 2. The molecule has 2 heterocycles. The predicted molar refractivity (Wildman–Crippen MR) is 144 cm³/mol. The van der Waals surface area contributed by atoms with Crippen LogP contribution >= 0.6 is 11.6 Å². The Bertz CT molecular complexity index is 1410. The Morgan fingerprint density at radius 1 is 1.06 bits per heavy atom. The first-order valence-electron chi connectivity index (χ1n) is 11.3. The van der Waals surface area contributed by atoms with E-state index in [9.17, 15) is 9.59 Å². The molecule has 0 bridgehead atoms. The number of hydrogen-bond donors (Lipinski definition) is 1. The van der Waals surface area contributed by atoms with Crippen molar-refractivity contribution in [1.82, 2.24) is 9.55 Å². The molecule has 0 atom stereocenters. The molecule has 35 heavy (non-hydrogen) atoms. The minimum atomic E-state index is -1.52. The first kappa shape index (κ1) is 24.7. The Morgan fingerprint density at radius 2 is 1.77 bits per heavy atom. The normalized spacial score (nSPS) is 11.5. The Kier molecular flexibility index (Phi) is 6.83. The highest BCUT2D eigenvalue weighted by atomic mass is 35.5. The van der Waals surface area contributed by atoms with Crippen LogP contribution in [0.2, 0.25) is 24.7 Å². The van der Waals surface area contributed by atoms with Gasteiger partial charge in [0.2, 0.25) is 5.91 Å².